The molecule has 2 aliphatic rings. The minimum absolute atomic E-state index is 0.0284. The number of carbonyl (C=O) groups is 1. The van der Waals surface area contributed by atoms with Gasteiger partial charge in [-0.1, -0.05) is 13.8 Å². The van der Waals surface area contributed by atoms with Crippen molar-refractivity contribution in [3.8, 4) is 5.75 Å². The van der Waals surface area contributed by atoms with Crippen molar-refractivity contribution in [1.82, 2.24) is 31.0 Å². The second-order valence-electron chi connectivity index (χ2n) is 9.68. The van der Waals surface area contributed by atoms with E-state index in [0.29, 0.717) is 23.0 Å². The Morgan fingerprint density at radius 2 is 2.08 bits per heavy atom. The molecule has 1 aromatic carbocycles. The number of amides is 1. The molecule has 0 unspecified atom stereocenters. The van der Waals surface area contributed by atoms with Crippen LogP contribution < -0.4 is 36.7 Å². The van der Waals surface area contributed by atoms with Gasteiger partial charge in [-0.25, -0.2) is 9.37 Å². The predicted octanol–water partition coefficient (Wildman–Crippen LogP) is 2.92. The molecular weight excluding hydrogens is 475 g/mol. The van der Waals surface area contributed by atoms with E-state index >= 15 is 0 Å². The Kier molecular flexibility index (Phi) is 6.90. The fourth-order valence-corrected chi connectivity index (χ4v) is 4.22. The lowest BCUT2D eigenvalue weighted by Gasteiger charge is -2.19. The van der Waals surface area contributed by atoms with Gasteiger partial charge >= 0.3 is 0 Å². The first-order valence-corrected chi connectivity index (χ1v) is 12.5. The smallest absolute Gasteiger partial charge is 0.254 e. The topological polar surface area (TPSA) is 107 Å². The van der Waals surface area contributed by atoms with Crippen LogP contribution in [0.5, 0.6) is 5.75 Å². The third-order valence-electron chi connectivity index (χ3n) is 6.37. The van der Waals surface area contributed by atoms with E-state index in [4.69, 9.17) is 4.74 Å². The van der Waals surface area contributed by atoms with Gasteiger partial charge in [0.05, 0.1) is 47.8 Å². The number of fused-ring (bicyclic) bond motifs is 1. The van der Waals surface area contributed by atoms with Crippen molar-refractivity contribution in [1.29, 1.82) is 0 Å². The number of anilines is 2. The van der Waals surface area contributed by atoms with Gasteiger partial charge in [0.2, 0.25) is 0 Å². The van der Waals surface area contributed by atoms with Crippen LogP contribution in [0.25, 0.3) is 11.3 Å². The molecule has 1 aliphatic carbocycles. The third kappa shape index (κ3) is 5.32. The largest absolute Gasteiger partial charge is 0.494 e. The fourth-order valence-electron chi connectivity index (χ4n) is 4.22. The van der Waals surface area contributed by atoms with Gasteiger partial charge in [0.1, 0.15) is 17.2 Å². The summed E-state index contributed by atoms with van der Waals surface area (Å²) >= 11 is 0. The number of methoxy groups -OCH3 is 1. The number of rotatable bonds is 10. The summed E-state index contributed by atoms with van der Waals surface area (Å²) in [6.07, 6.45) is 7.46. The number of hydrogen-bond acceptors (Lipinski definition) is 8. The normalized spacial score (nSPS) is 15.2. The maximum atomic E-state index is 14.6. The molecule has 11 heteroatoms. The van der Waals surface area contributed by atoms with Gasteiger partial charge in [0.15, 0.2) is 0 Å². The van der Waals surface area contributed by atoms with Crippen molar-refractivity contribution >= 4 is 28.6 Å². The molecule has 0 radical (unpaired) electrons. The predicted molar refractivity (Wildman–Crippen MR) is 142 cm³/mol. The lowest BCUT2D eigenvalue weighted by Crippen LogP contribution is -2.37. The van der Waals surface area contributed by atoms with Gasteiger partial charge in [0.25, 0.3) is 5.91 Å². The summed E-state index contributed by atoms with van der Waals surface area (Å²) in [7, 11) is 1.64. The highest BCUT2D eigenvalue weighted by Crippen LogP contribution is 2.30. The van der Waals surface area contributed by atoms with Gasteiger partial charge in [-0.2, -0.15) is 0 Å². The van der Waals surface area contributed by atoms with Gasteiger partial charge < -0.3 is 20.7 Å². The number of aryl methyl sites for hydroxylation is 1. The van der Waals surface area contributed by atoms with Crippen molar-refractivity contribution in [3.05, 3.63) is 59.4 Å². The monoisotopic (exact) mass is 508 g/mol. The molecule has 0 atom stereocenters. The maximum absolute atomic E-state index is 14.6. The highest BCUT2D eigenvalue weighted by molar-refractivity contribution is 5.96. The van der Waals surface area contributed by atoms with Crippen LogP contribution in [-0.4, -0.2) is 47.6 Å². The van der Waals surface area contributed by atoms with Gasteiger partial charge in [0, 0.05) is 37.4 Å². The number of ether oxygens (including phenoxy) is 1. The molecule has 3 aromatic rings. The number of pyridine rings is 1. The number of nitrogens with one attached hydrogen (secondary N) is 5. The first-order valence-electron chi connectivity index (χ1n) is 12.5. The number of carbonyl (C=O) groups excluding carboxylic acids is 1. The fraction of sp³-hybridized carbons (Fsp3) is 0.385. The number of halogens is 1. The number of imidazole rings is 1. The van der Waals surface area contributed by atoms with Gasteiger partial charge in [-0.3, -0.25) is 19.6 Å². The number of benzene rings is 1. The van der Waals surface area contributed by atoms with Crippen LogP contribution in [0.2, 0.25) is 0 Å². The first-order chi connectivity index (χ1) is 17.8. The molecule has 1 amide bonds. The standard InChI is InChI=1S/C26H33FN8O2/c1-15(2)28-7-8-29-21-13-34-23(12-30-25(34)11-24(21)37-4)20-14-35(33-32-20)22-10-18(19(27)9-16(22)3)26(36)31-17-5-6-17/h9-15,17,28-29,32-33H,5-8H2,1-4H3,(H,31,36). The Bertz CT molecular complexity index is 1350. The minimum atomic E-state index is -0.532. The summed E-state index contributed by atoms with van der Waals surface area (Å²) in [4.78, 5) is 17.1. The number of hydrogen-bond donors (Lipinski definition) is 5. The van der Waals surface area contributed by atoms with E-state index in [0.717, 1.165) is 48.7 Å². The van der Waals surface area contributed by atoms with Crippen LogP contribution in [0.4, 0.5) is 15.8 Å². The lowest BCUT2D eigenvalue weighted by atomic mass is 10.1. The van der Waals surface area contributed by atoms with Crippen LogP contribution in [0.1, 0.15) is 48.3 Å². The van der Waals surface area contributed by atoms with Crippen molar-refractivity contribution in [2.45, 2.75) is 45.7 Å². The van der Waals surface area contributed by atoms with Crippen molar-refractivity contribution in [2.24, 2.45) is 0 Å². The maximum Gasteiger partial charge on any atom is 0.254 e. The number of nitrogens with zero attached hydrogens (tertiary/aromatic N) is 3. The molecule has 1 aliphatic heterocycles. The lowest BCUT2D eigenvalue weighted by molar-refractivity contribution is 0.0947. The first kappa shape index (κ1) is 24.8. The minimum Gasteiger partial charge on any atom is -0.494 e. The van der Waals surface area contributed by atoms with Crippen LogP contribution in [0.3, 0.4) is 0 Å². The molecule has 37 heavy (non-hydrogen) atoms. The SMILES string of the molecule is COc1cc2ncc(C3=CN(c4cc(C(=O)NC5CC5)c(F)cc4C)NN3)n2cc1NCCNC(C)C. The molecule has 1 saturated carbocycles. The Labute approximate surface area is 215 Å². The quantitative estimate of drug-likeness (QED) is 0.266. The van der Waals surface area contributed by atoms with Crippen LogP contribution in [0.15, 0.2) is 36.8 Å². The molecule has 196 valence electrons. The summed E-state index contributed by atoms with van der Waals surface area (Å²) in [5.41, 5.74) is 10.8. The molecule has 3 heterocycles. The van der Waals surface area contributed by atoms with E-state index in [1.54, 1.807) is 31.3 Å². The molecule has 0 bridgehead atoms. The molecule has 10 nitrogen and oxygen atoms in total. The second-order valence-corrected chi connectivity index (χ2v) is 9.68. The molecule has 5 N–H and O–H groups in total. The molecule has 5 rings (SSSR count). The summed E-state index contributed by atoms with van der Waals surface area (Å²) in [6, 6.07) is 5.41. The van der Waals surface area contributed by atoms with Crippen molar-refractivity contribution in [3.63, 3.8) is 0 Å². The van der Waals surface area contributed by atoms with Crippen LogP contribution in [0, 0.1) is 12.7 Å². The molecular formula is C26H33FN8O2. The van der Waals surface area contributed by atoms with E-state index in [1.165, 1.54) is 6.07 Å². The highest BCUT2D eigenvalue weighted by Gasteiger charge is 2.27. The number of aromatic nitrogens is 2. The van der Waals surface area contributed by atoms with E-state index in [1.807, 2.05) is 22.9 Å². The van der Waals surface area contributed by atoms with E-state index in [2.05, 4.69) is 45.7 Å². The Hall–Kier alpha value is -3.83. The van der Waals surface area contributed by atoms with Crippen LogP contribution in [-0.2, 0) is 0 Å². The summed E-state index contributed by atoms with van der Waals surface area (Å²) in [5.74, 6) is -0.215. The van der Waals surface area contributed by atoms with Gasteiger partial charge in [-0.05, 0) is 37.5 Å². The average Bonchev–Trinajstić information content (AvgIpc) is 3.38. The summed E-state index contributed by atoms with van der Waals surface area (Å²) < 4.78 is 22.1. The Morgan fingerprint density at radius 1 is 1.27 bits per heavy atom. The molecule has 0 spiro atoms. The molecule has 0 saturated heterocycles. The summed E-state index contributed by atoms with van der Waals surface area (Å²) in [5, 5.41) is 11.4. The van der Waals surface area contributed by atoms with E-state index in [9.17, 15) is 9.18 Å². The van der Waals surface area contributed by atoms with Gasteiger partial charge in [-0.15, -0.1) is 5.53 Å². The Morgan fingerprint density at radius 3 is 2.81 bits per heavy atom. The van der Waals surface area contributed by atoms with E-state index in [-0.39, 0.29) is 11.6 Å². The molecule has 2 aromatic heterocycles. The zero-order chi connectivity index (χ0) is 26.1. The zero-order valence-corrected chi connectivity index (χ0v) is 21.5. The zero-order valence-electron chi connectivity index (χ0n) is 21.5. The average molecular weight is 509 g/mol. The van der Waals surface area contributed by atoms with Crippen molar-refractivity contribution in [2.75, 3.05) is 30.5 Å². The number of hydrazine groups is 2. The third-order valence-corrected chi connectivity index (χ3v) is 6.37. The molecule has 1 fully saturated rings. The van der Waals surface area contributed by atoms with E-state index < -0.39 is 11.7 Å². The van der Waals surface area contributed by atoms with Crippen LogP contribution >= 0.6 is 0 Å². The summed E-state index contributed by atoms with van der Waals surface area (Å²) in [6.45, 7) is 7.59. The Balaban J connectivity index is 1.41. The highest BCUT2D eigenvalue weighted by atomic mass is 19.1. The second kappa shape index (κ2) is 10.3. The van der Waals surface area contributed by atoms with Crippen molar-refractivity contribution < 1.29 is 13.9 Å².